The molecule has 2 aliphatic heterocycles. The summed E-state index contributed by atoms with van der Waals surface area (Å²) in [6.45, 7) is 9.57. The Morgan fingerprint density at radius 2 is 1.93 bits per heavy atom. The molecule has 2 saturated heterocycles. The number of amides is 2. The van der Waals surface area contributed by atoms with Gasteiger partial charge in [-0.25, -0.2) is 4.79 Å². The van der Waals surface area contributed by atoms with Crippen molar-refractivity contribution in [3.8, 4) is 5.75 Å². The minimum absolute atomic E-state index is 0.120. The van der Waals surface area contributed by atoms with Crippen LogP contribution in [-0.4, -0.2) is 54.6 Å². The molecular weight excluding hydrogens is 382 g/mol. The lowest BCUT2D eigenvalue weighted by Crippen LogP contribution is -2.53. The third kappa shape index (κ3) is 4.57. The smallest absolute Gasteiger partial charge is 0.315 e. The highest BCUT2D eigenvalue weighted by Crippen LogP contribution is 2.34. The number of nitrogens with zero attached hydrogens (tertiary/aromatic N) is 1. The number of rotatable bonds is 5. The molecule has 7 atom stereocenters. The molecule has 0 aromatic carbocycles. The van der Waals surface area contributed by atoms with Crippen molar-refractivity contribution in [2.75, 3.05) is 13.2 Å². The Labute approximate surface area is 179 Å². The van der Waals surface area contributed by atoms with Crippen molar-refractivity contribution in [2.45, 2.75) is 77.4 Å². The van der Waals surface area contributed by atoms with Gasteiger partial charge in [0.1, 0.15) is 18.0 Å². The maximum atomic E-state index is 12.8. The van der Waals surface area contributed by atoms with E-state index in [9.17, 15) is 4.79 Å². The lowest BCUT2D eigenvalue weighted by atomic mass is 9.74. The molecule has 3 aliphatic rings. The molecule has 166 valence electrons. The molecule has 7 heteroatoms. The van der Waals surface area contributed by atoms with E-state index in [4.69, 9.17) is 14.2 Å². The van der Waals surface area contributed by atoms with Crippen molar-refractivity contribution in [3.63, 3.8) is 0 Å². The van der Waals surface area contributed by atoms with Crippen molar-refractivity contribution >= 4 is 6.03 Å². The number of aromatic nitrogens is 1. The van der Waals surface area contributed by atoms with Gasteiger partial charge in [-0.05, 0) is 49.7 Å². The average Bonchev–Trinajstić information content (AvgIpc) is 3.27. The summed E-state index contributed by atoms with van der Waals surface area (Å²) in [5, 5.41) is 6.35. The van der Waals surface area contributed by atoms with E-state index in [2.05, 4.69) is 36.4 Å². The first kappa shape index (κ1) is 21.4. The Morgan fingerprint density at radius 1 is 1.17 bits per heavy atom. The summed E-state index contributed by atoms with van der Waals surface area (Å²) >= 11 is 0. The van der Waals surface area contributed by atoms with Crippen LogP contribution in [0.4, 0.5) is 4.79 Å². The number of pyridine rings is 1. The van der Waals surface area contributed by atoms with Crippen molar-refractivity contribution in [2.24, 2.45) is 17.8 Å². The maximum absolute atomic E-state index is 12.8. The molecule has 1 saturated carbocycles. The summed E-state index contributed by atoms with van der Waals surface area (Å²) in [6.07, 6.45) is 4.64. The van der Waals surface area contributed by atoms with E-state index < -0.39 is 0 Å². The predicted molar refractivity (Wildman–Crippen MR) is 113 cm³/mol. The number of carbonyl (C=O) groups is 1. The first-order valence-corrected chi connectivity index (χ1v) is 11.3. The Kier molecular flexibility index (Phi) is 6.48. The van der Waals surface area contributed by atoms with E-state index in [1.54, 1.807) is 6.20 Å². The summed E-state index contributed by atoms with van der Waals surface area (Å²) in [4.78, 5) is 17.0. The van der Waals surface area contributed by atoms with Crippen LogP contribution in [0.5, 0.6) is 5.75 Å². The van der Waals surface area contributed by atoms with Crippen LogP contribution in [0.25, 0.3) is 0 Å². The van der Waals surface area contributed by atoms with Gasteiger partial charge in [0.25, 0.3) is 0 Å². The minimum Gasteiger partial charge on any atom is -0.483 e. The van der Waals surface area contributed by atoms with Gasteiger partial charge in [-0.2, -0.15) is 0 Å². The molecule has 0 spiro atoms. The second kappa shape index (κ2) is 9.10. The fourth-order valence-electron chi connectivity index (χ4n) is 5.19. The zero-order valence-electron chi connectivity index (χ0n) is 18.5. The average molecular weight is 418 g/mol. The number of nitrogens with one attached hydrogen (secondary N) is 2. The summed E-state index contributed by atoms with van der Waals surface area (Å²) < 4.78 is 18.0. The number of hydrogen-bond donors (Lipinski definition) is 2. The van der Waals surface area contributed by atoms with Gasteiger partial charge in [0.05, 0.1) is 24.9 Å². The highest BCUT2D eigenvalue weighted by Gasteiger charge is 2.49. The zero-order valence-corrected chi connectivity index (χ0v) is 18.5. The van der Waals surface area contributed by atoms with Crippen molar-refractivity contribution in [1.29, 1.82) is 0 Å². The normalized spacial score (nSPS) is 35.8. The first-order valence-electron chi connectivity index (χ1n) is 11.3. The molecule has 0 bridgehead atoms. The van der Waals surface area contributed by atoms with Gasteiger partial charge in [-0.15, -0.1) is 0 Å². The second-order valence-corrected chi connectivity index (χ2v) is 9.50. The predicted octanol–water partition coefficient (Wildman–Crippen LogP) is 3.06. The number of aryl methyl sites for hydroxylation is 1. The van der Waals surface area contributed by atoms with Crippen molar-refractivity contribution < 1.29 is 19.0 Å². The van der Waals surface area contributed by atoms with Gasteiger partial charge in [0.2, 0.25) is 0 Å². The molecule has 2 N–H and O–H groups in total. The van der Waals surface area contributed by atoms with Gasteiger partial charge in [0, 0.05) is 12.2 Å². The zero-order chi connectivity index (χ0) is 21.3. The van der Waals surface area contributed by atoms with Gasteiger partial charge in [0.15, 0.2) is 6.10 Å². The molecule has 30 heavy (non-hydrogen) atoms. The second-order valence-electron chi connectivity index (χ2n) is 9.50. The van der Waals surface area contributed by atoms with Crippen LogP contribution < -0.4 is 15.4 Å². The van der Waals surface area contributed by atoms with Gasteiger partial charge >= 0.3 is 6.03 Å². The van der Waals surface area contributed by atoms with E-state index in [1.165, 1.54) is 12.8 Å². The molecule has 1 aromatic heterocycles. The van der Waals surface area contributed by atoms with Crippen LogP contribution in [0, 0.1) is 24.7 Å². The van der Waals surface area contributed by atoms with E-state index in [-0.39, 0.29) is 36.4 Å². The van der Waals surface area contributed by atoms with Crippen LogP contribution in [0.3, 0.4) is 0 Å². The molecule has 4 rings (SSSR count). The Balaban J connectivity index is 1.32. The Hall–Kier alpha value is -1.86. The molecule has 0 unspecified atom stereocenters. The van der Waals surface area contributed by atoms with E-state index >= 15 is 0 Å². The van der Waals surface area contributed by atoms with E-state index in [0.717, 1.165) is 17.9 Å². The molecule has 3 fully saturated rings. The SMILES string of the molecule is Cc1ncccc1O[C@H]1CO[C@H]2[C@@H]1OC[C@@H]2NC(=O)N[C@@H]1C[C@H](C)CC[C@H]1C(C)C. The highest BCUT2D eigenvalue weighted by atomic mass is 16.6. The first-order chi connectivity index (χ1) is 14.4. The molecule has 7 nitrogen and oxygen atoms in total. The third-order valence-electron chi connectivity index (χ3n) is 6.90. The van der Waals surface area contributed by atoms with Gasteiger partial charge in [-0.3, -0.25) is 4.98 Å². The Morgan fingerprint density at radius 3 is 2.70 bits per heavy atom. The standard InChI is InChI=1S/C23H35N3O4/c1-13(2)16-8-7-14(3)10-17(16)25-23(27)26-18-11-28-22-20(12-29-21(18)22)30-19-6-5-9-24-15(19)4/h5-6,9,13-14,16-18,20-22H,7-8,10-12H2,1-4H3,(H2,25,26,27)/t14-,16+,17-,18+,20+,21-,22-/m1/s1. The van der Waals surface area contributed by atoms with Crippen LogP contribution in [0.2, 0.25) is 0 Å². The van der Waals surface area contributed by atoms with Crippen molar-refractivity contribution in [1.82, 2.24) is 15.6 Å². The van der Waals surface area contributed by atoms with E-state index in [0.29, 0.717) is 31.0 Å². The summed E-state index contributed by atoms with van der Waals surface area (Å²) in [6, 6.07) is 3.70. The number of urea groups is 1. The van der Waals surface area contributed by atoms with Gasteiger partial charge < -0.3 is 24.8 Å². The fraction of sp³-hybridized carbons (Fsp3) is 0.739. The van der Waals surface area contributed by atoms with Crippen molar-refractivity contribution in [3.05, 3.63) is 24.0 Å². The molecule has 1 aliphatic carbocycles. The van der Waals surface area contributed by atoms with Crippen LogP contribution in [0.15, 0.2) is 18.3 Å². The number of ether oxygens (including phenoxy) is 3. The molecular formula is C23H35N3O4. The van der Waals surface area contributed by atoms with Crippen LogP contribution >= 0.6 is 0 Å². The molecule has 0 radical (unpaired) electrons. The number of hydrogen-bond acceptors (Lipinski definition) is 5. The summed E-state index contributed by atoms with van der Waals surface area (Å²) in [7, 11) is 0. The number of fused-ring (bicyclic) bond motifs is 1. The maximum Gasteiger partial charge on any atom is 0.315 e. The van der Waals surface area contributed by atoms with Crippen LogP contribution in [0.1, 0.15) is 45.7 Å². The van der Waals surface area contributed by atoms with Crippen LogP contribution in [-0.2, 0) is 9.47 Å². The summed E-state index contributed by atoms with van der Waals surface area (Å²) in [5.41, 5.74) is 0.842. The van der Waals surface area contributed by atoms with Gasteiger partial charge in [-0.1, -0.05) is 27.2 Å². The monoisotopic (exact) mass is 417 g/mol. The number of carbonyl (C=O) groups excluding carboxylic acids is 1. The van der Waals surface area contributed by atoms with E-state index in [1.807, 2.05) is 19.1 Å². The quantitative estimate of drug-likeness (QED) is 0.770. The molecule has 3 heterocycles. The highest BCUT2D eigenvalue weighted by molar-refractivity contribution is 5.74. The minimum atomic E-state index is -0.197. The summed E-state index contributed by atoms with van der Waals surface area (Å²) in [5.74, 6) is 2.49. The topological polar surface area (TPSA) is 81.7 Å². The Bertz CT molecular complexity index is 743. The molecule has 2 amide bonds. The largest absolute Gasteiger partial charge is 0.483 e. The fourth-order valence-corrected chi connectivity index (χ4v) is 5.19. The lowest BCUT2D eigenvalue weighted by Gasteiger charge is -2.38. The molecule has 1 aromatic rings. The third-order valence-corrected chi connectivity index (χ3v) is 6.90. The lowest BCUT2D eigenvalue weighted by molar-refractivity contribution is 0.0299.